The molecule has 0 radical (unpaired) electrons. The Balaban J connectivity index is 1.46. The zero-order valence-corrected chi connectivity index (χ0v) is 21.9. The van der Waals surface area contributed by atoms with Crippen LogP contribution in [-0.4, -0.2) is 38.1 Å². The van der Waals surface area contributed by atoms with Crippen LogP contribution in [0.4, 0.5) is 0 Å². The second kappa shape index (κ2) is 10.3. The average molecular weight is 511 g/mol. The van der Waals surface area contributed by atoms with Crippen LogP contribution < -0.4 is 0 Å². The van der Waals surface area contributed by atoms with Crippen LogP contribution >= 0.6 is 23.2 Å². The molecular weight excluding hydrogens is 479 g/mol. The Labute approximate surface area is 217 Å². The molecule has 2 aromatic carbocycles. The predicted octanol–water partition coefficient (Wildman–Crippen LogP) is 6.27. The standard InChI is InChI=1S/C28H32Cl2N4O/c1-19(2)14-28(35)33(23-10-11-23)18-26-25-17-32(16-20-4-3-5-22(30)15-20)13-12-27(25)34(31-26)24-8-6-21(29)7-9-24/h3-9,15,19,23H,10-14,16-18H2,1-2H3. The molecule has 1 amide bonds. The Morgan fingerprint density at radius 1 is 1.11 bits per heavy atom. The first-order valence-electron chi connectivity index (χ1n) is 12.5. The van der Waals surface area contributed by atoms with E-state index < -0.39 is 0 Å². The summed E-state index contributed by atoms with van der Waals surface area (Å²) < 4.78 is 2.07. The molecule has 1 aromatic heterocycles. The van der Waals surface area contributed by atoms with Crippen molar-refractivity contribution < 1.29 is 4.79 Å². The lowest BCUT2D eigenvalue weighted by Crippen LogP contribution is -2.35. The highest BCUT2D eigenvalue weighted by molar-refractivity contribution is 6.30. The molecule has 1 saturated carbocycles. The molecule has 3 aromatic rings. The third kappa shape index (κ3) is 5.74. The molecule has 0 N–H and O–H groups in total. The first-order chi connectivity index (χ1) is 16.9. The molecule has 184 valence electrons. The van der Waals surface area contributed by atoms with Crippen molar-refractivity contribution in [3.05, 3.63) is 81.1 Å². The zero-order chi connectivity index (χ0) is 24.5. The number of aromatic nitrogens is 2. The van der Waals surface area contributed by atoms with Crippen molar-refractivity contribution in [1.82, 2.24) is 19.6 Å². The van der Waals surface area contributed by atoms with Gasteiger partial charge in [-0.2, -0.15) is 5.10 Å². The van der Waals surface area contributed by atoms with E-state index in [1.807, 2.05) is 42.5 Å². The smallest absolute Gasteiger partial charge is 0.223 e. The van der Waals surface area contributed by atoms with Gasteiger partial charge in [0.05, 0.1) is 23.6 Å². The van der Waals surface area contributed by atoms with Crippen LogP contribution in [-0.2, 0) is 30.8 Å². The number of fused-ring (bicyclic) bond motifs is 1. The van der Waals surface area contributed by atoms with Gasteiger partial charge >= 0.3 is 0 Å². The fourth-order valence-electron chi connectivity index (χ4n) is 4.93. The summed E-state index contributed by atoms with van der Waals surface area (Å²) in [5.41, 5.74) is 5.70. The van der Waals surface area contributed by atoms with Crippen molar-refractivity contribution in [1.29, 1.82) is 0 Å². The van der Waals surface area contributed by atoms with Gasteiger partial charge in [0.25, 0.3) is 0 Å². The van der Waals surface area contributed by atoms with Crippen molar-refractivity contribution in [2.24, 2.45) is 5.92 Å². The monoisotopic (exact) mass is 510 g/mol. The van der Waals surface area contributed by atoms with Gasteiger partial charge in [-0.15, -0.1) is 0 Å². The first-order valence-corrected chi connectivity index (χ1v) is 13.2. The number of hydrogen-bond donors (Lipinski definition) is 0. The largest absolute Gasteiger partial charge is 0.334 e. The number of carbonyl (C=O) groups excluding carboxylic acids is 1. The molecule has 0 spiro atoms. The van der Waals surface area contributed by atoms with E-state index in [4.69, 9.17) is 28.3 Å². The fraction of sp³-hybridized carbons (Fsp3) is 0.429. The van der Waals surface area contributed by atoms with Crippen LogP contribution in [0.3, 0.4) is 0 Å². The van der Waals surface area contributed by atoms with E-state index in [9.17, 15) is 4.79 Å². The summed E-state index contributed by atoms with van der Waals surface area (Å²) in [4.78, 5) is 17.6. The predicted molar refractivity (Wildman–Crippen MR) is 141 cm³/mol. The van der Waals surface area contributed by atoms with Crippen LogP contribution in [0.15, 0.2) is 48.5 Å². The fourth-order valence-corrected chi connectivity index (χ4v) is 5.27. The van der Waals surface area contributed by atoms with Gasteiger partial charge in [0.2, 0.25) is 5.91 Å². The maximum atomic E-state index is 13.1. The zero-order valence-electron chi connectivity index (χ0n) is 20.4. The Hall–Kier alpha value is -2.34. The van der Waals surface area contributed by atoms with E-state index in [1.54, 1.807) is 0 Å². The Morgan fingerprint density at radius 2 is 1.89 bits per heavy atom. The number of benzene rings is 2. The summed E-state index contributed by atoms with van der Waals surface area (Å²) in [6.07, 6.45) is 3.65. The van der Waals surface area contributed by atoms with Gasteiger partial charge in [-0.3, -0.25) is 9.69 Å². The minimum Gasteiger partial charge on any atom is -0.334 e. The first kappa shape index (κ1) is 24.4. The number of carbonyl (C=O) groups is 1. The third-order valence-corrected chi connectivity index (χ3v) is 7.28. The Bertz CT molecular complexity index is 1200. The molecule has 5 rings (SSSR count). The van der Waals surface area contributed by atoms with Crippen LogP contribution in [0.5, 0.6) is 0 Å². The number of nitrogens with zero attached hydrogens (tertiary/aromatic N) is 4. The number of halogens is 2. The number of rotatable bonds is 8. The van der Waals surface area contributed by atoms with E-state index in [0.717, 1.165) is 55.3 Å². The molecule has 5 nitrogen and oxygen atoms in total. The highest BCUT2D eigenvalue weighted by Crippen LogP contribution is 2.33. The van der Waals surface area contributed by atoms with Crippen LogP contribution in [0.2, 0.25) is 10.0 Å². The minimum absolute atomic E-state index is 0.240. The maximum absolute atomic E-state index is 13.1. The van der Waals surface area contributed by atoms with Gasteiger partial charge in [0.1, 0.15) is 0 Å². The van der Waals surface area contributed by atoms with Gasteiger partial charge in [-0.1, -0.05) is 49.2 Å². The van der Waals surface area contributed by atoms with Gasteiger partial charge in [-0.05, 0) is 60.7 Å². The Kier molecular flexibility index (Phi) is 7.19. The molecular formula is C28H32Cl2N4O. The summed E-state index contributed by atoms with van der Waals surface area (Å²) in [5, 5.41) is 6.56. The van der Waals surface area contributed by atoms with Crippen molar-refractivity contribution in [3.8, 4) is 5.69 Å². The molecule has 0 bridgehead atoms. The molecule has 35 heavy (non-hydrogen) atoms. The topological polar surface area (TPSA) is 41.4 Å². The van der Waals surface area contributed by atoms with E-state index in [-0.39, 0.29) is 5.91 Å². The molecule has 2 heterocycles. The average Bonchev–Trinajstić information content (AvgIpc) is 3.59. The summed E-state index contributed by atoms with van der Waals surface area (Å²) in [7, 11) is 0. The summed E-state index contributed by atoms with van der Waals surface area (Å²) in [6.45, 7) is 7.37. The van der Waals surface area contributed by atoms with Gasteiger partial charge in [-0.25, -0.2) is 4.68 Å². The normalized spacial score (nSPS) is 15.9. The molecule has 0 atom stereocenters. The van der Waals surface area contributed by atoms with Crippen LogP contribution in [0.1, 0.15) is 55.6 Å². The van der Waals surface area contributed by atoms with Crippen molar-refractivity contribution in [3.63, 3.8) is 0 Å². The van der Waals surface area contributed by atoms with Crippen LogP contribution in [0.25, 0.3) is 5.69 Å². The molecule has 0 saturated heterocycles. The van der Waals surface area contributed by atoms with E-state index in [0.29, 0.717) is 29.9 Å². The summed E-state index contributed by atoms with van der Waals surface area (Å²) in [5.74, 6) is 0.585. The highest BCUT2D eigenvalue weighted by Gasteiger charge is 2.35. The SMILES string of the molecule is CC(C)CC(=O)N(Cc1nn(-c2ccc(Cl)cc2)c2c1CN(Cc1cccc(Cl)c1)CC2)C1CC1. The lowest BCUT2D eigenvalue weighted by atomic mass is 10.0. The molecule has 0 unspecified atom stereocenters. The van der Waals surface area contributed by atoms with E-state index >= 15 is 0 Å². The number of amides is 1. The van der Waals surface area contributed by atoms with Gasteiger partial charge in [0.15, 0.2) is 0 Å². The maximum Gasteiger partial charge on any atom is 0.223 e. The van der Waals surface area contributed by atoms with Crippen molar-refractivity contribution in [2.75, 3.05) is 6.54 Å². The van der Waals surface area contributed by atoms with Gasteiger partial charge < -0.3 is 4.90 Å². The highest BCUT2D eigenvalue weighted by atomic mass is 35.5. The molecule has 1 aliphatic carbocycles. The summed E-state index contributed by atoms with van der Waals surface area (Å²) >= 11 is 12.4. The molecule has 7 heteroatoms. The second-order valence-electron chi connectivity index (χ2n) is 10.2. The minimum atomic E-state index is 0.240. The number of hydrogen-bond acceptors (Lipinski definition) is 3. The lowest BCUT2D eigenvalue weighted by Gasteiger charge is -2.29. The molecule has 1 aliphatic heterocycles. The van der Waals surface area contributed by atoms with Crippen molar-refractivity contribution in [2.45, 2.75) is 65.2 Å². The quantitative estimate of drug-likeness (QED) is 0.358. The van der Waals surface area contributed by atoms with Crippen molar-refractivity contribution >= 4 is 29.1 Å². The summed E-state index contributed by atoms with van der Waals surface area (Å²) in [6, 6.07) is 16.3. The molecule has 1 fully saturated rings. The van der Waals surface area contributed by atoms with E-state index in [1.165, 1.54) is 16.8 Å². The van der Waals surface area contributed by atoms with Gasteiger partial charge in [0, 0.05) is 54.1 Å². The second-order valence-corrected chi connectivity index (χ2v) is 11.1. The Morgan fingerprint density at radius 3 is 2.57 bits per heavy atom. The van der Waals surface area contributed by atoms with Crippen LogP contribution in [0, 0.1) is 5.92 Å². The van der Waals surface area contributed by atoms with E-state index in [2.05, 4.69) is 34.4 Å². The molecule has 2 aliphatic rings. The lowest BCUT2D eigenvalue weighted by molar-refractivity contribution is -0.133. The third-order valence-electron chi connectivity index (χ3n) is 6.80.